The normalized spacial score (nSPS) is 17.7. The van der Waals surface area contributed by atoms with Crippen LogP contribution in [-0.2, 0) is 14.3 Å². The highest BCUT2D eigenvalue weighted by Gasteiger charge is 2.62. The highest BCUT2D eigenvalue weighted by Crippen LogP contribution is 2.37. The minimum atomic E-state index is -4.96. The van der Waals surface area contributed by atoms with Crippen molar-refractivity contribution in [3.63, 3.8) is 0 Å². The Labute approximate surface area is 145 Å². The molecule has 0 aromatic rings. The standard InChI is InChI=1S/C18H22F3NO3/c1-4-12-17(16(24)25-3,18(19,20)21)22(2)13-8-11-15(23)14-9-6-5-7-10-14/h12,14H,1,5-7,9-10,13H2,2-3H3. The third kappa shape index (κ3) is 4.75. The molecule has 0 aromatic heterocycles. The molecule has 0 N–H and O–H groups in total. The Morgan fingerprint density at radius 1 is 1.28 bits per heavy atom. The lowest BCUT2D eigenvalue weighted by Crippen LogP contribution is -2.62. The molecule has 1 aliphatic carbocycles. The van der Waals surface area contributed by atoms with Crippen LogP contribution in [0.5, 0.6) is 0 Å². The van der Waals surface area contributed by atoms with Crippen LogP contribution in [-0.4, -0.2) is 49.1 Å². The number of rotatable bonds is 5. The second kappa shape index (κ2) is 8.89. The number of carbonyl (C=O) groups excluding carboxylic acids is 2. The average molecular weight is 357 g/mol. The van der Waals surface area contributed by atoms with Crippen LogP contribution < -0.4 is 0 Å². The highest BCUT2D eigenvalue weighted by molar-refractivity contribution is 5.97. The second-order valence-electron chi connectivity index (χ2n) is 5.96. The van der Waals surface area contributed by atoms with E-state index in [0.717, 1.165) is 46.3 Å². The molecule has 0 radical (unpaired) electrons. The van der Waals surface area contributed by atoms with E-state index in [-0.39, 0.29) is 11.7 Å². The summed E-state index contributed by atoms with van der Waals surface area (Å²) in [6.45, 7) is 2.68. The molecule has 0 saturated heterocycles. The average Bonchev–Trinajstić information content (AvgIpc) is 2.58. The van der Waals surface area contributed by atoms with Gasteiger partial charge in [-0.1, -0.05) is 31.8 Å². The molecule has 1 rings (SSSR count). The van der Waals surface area contributed by atoms with Gasteiger partial charge in [-0.25, -0.2) is 4.79 Å². The number of halogens is 3. The van der Waals surface area contributed by atoms with Crippen LogP contribution in [0.25, 0.3) is 0 Å². The first kappa shape index (κ1) is 21.0. The Balaban J connectivity index is 2.98. The van der Waals surface area contributed by atoms with Crippen LogP contribution in [0.3, 0.4) is 0 Å². The quantitative estimate of drug-likeness (QED) is 0.329. The molecule has 1 fully saturated rings. The minimum absolute atomic E-state index is 0.146. The van der Waals surface area contributed by atoms with Crippen LogP contribution in [0.15, 0.2) is 18.4 Å². The molecule has 1 saturated carbocycles. The molecule has 138 valence electrons. The zero-order valence-corrected chi connectivity index (χ0v) is 14.4. The predicted molar refractivity (Wildman–Crippen MR) is 86.5 cm³/mol. The van der Waals surface area contributed by atoms with Crippen LogP contribution in [0.1, 0.15) is 32.1 Å². The topological polar surface area (TPSA) is 46.6 Å². The Bertz CT molecular complexity index is 605. The summed E-state index contributed by atoms with van der Waals surface area (Å²) in [5.41, 5.74) is -1.04. The van der Waals surface area contributed by atoms with E-state index in [1.54, 1.807) is 0 Å². The Kier molecular flexibility index (Phi) is 7.47. The maximum atomic E-state index is 13.6. The van der Waals surface area contributed by atoms with Gasteiger partial charge in [0, 0.05) is 5.92 Å². The van der Waals surface area contributed by atoms with Crippen molar-refractivity contribution >= 4 is 11.8 Å². The first-order valence-corrected chi connectivity index (χ1v) is 7.96. The van der Waals surface area contributed by atoms with Gasteiger partial charge in [-0.05, 0) is 31.9 Å². The third-order valence-electron chi connectivity index (χ3n) is 4.35. The van der Waals surface area contributed by atoms with E-state index in [0.29, 0.717) is 11.0 Å². The van der Waals surface area contributed by atoms with Crippen molar-refractivity contribution in [1.29, 1.82) is 0 Å². The number of Topliss-reactive ketones (excluding diaryl/α,β-unsaturated/α-hetero) is 1. The lowest BCUT2D eigenvalue weighted by atomic mass is 9.86. The summed E-state index contributed by atoms with van der Waals surface area (Å²) in [5.74, 6) is 2.93. The van der Waals surface area contributed by atoms with Gasteiger partial charge in [-0.3, -0.25) is 9.69 Å². The number of hydrogen-bond acceptors (Lipinski definition) is 4. The van der Waals surface area contributed by atoms with Gasteiger partial charge in [-0.2, -0.15) is 13.2 Å². The van der Waals surface area contributed by atoms with Gasteiger partial charge in [-0.15, -0.1) is 5.73 Å². The molecule has 0 amide bonds. The summed E-state index contributed by atoms with van der Waals surface area (Å²) in [5, 5.41) is 0. The molecule has 25 heavy (non-hydrogen) atoms. The van der Waals surface area contributed by atoms with E-state index < -0.39 is 24.2 Å². The molecule has 0 aliphatic heterocycles. The van der Waals surface area contributed by atoms with Gasteiger partial charge < -0.3 is 4.74 Å². The number of ether oxygens (including phenoxy) is 1. The van der Waals surface area contributed by atoms with E-state index in [9.17, 15) is 22.8 Å². The van der Waals surface area contributed by atoms with Crippen LogP contribution >= 0.6 is 0 Å². The highest BCUT2D eigenvalue weighted by atomic mass is 19.4. The molecule has 4 nitrogen and oxygen atoms in total. The number of ketones is 1. The molecule has 1 atom stereocenters. The van der Waals surface area contributed by atoms with Gasteiger partial charge in [0.1, 0.15) is 0 Å². The van der Waals surface area contributed by atoms with Crippen LogP contribution in [0.2, 0.25) is 0 Å². The molecule has 1 unspecified atom stereocenters. The fraction of sp³-hybridized carbons (Fsp3) is 0.611. The maximum Gasteiger partial charge on any atom is 0.421 e. The SMILES string of the molecule is C=C=CC(C(=O)OC)(N(C)CC#CC(=O)C1CCCCC1)C(F)(F)F. The summed E-state index contributed by atoms with van der Waals surface area (Å²) < 4.78 is 45.0. The molecular formula is C18H22F3NO3. The Morgan fingerprint density at radius 3 is 2.36 bits per heavy atom. The number of likely N-dealkylation sites (N-methyl/N-ethyl adjacent to an activating group) is 1. The van der Waals surface area contributed by atoms with Gasteiger partial charge in [0.15, 0.2) is 0 Å². The Hall–Kier alpha value is -2.03. The molecular weight excluding hydrogens is 335 g/mol. The summed E-state index contributed by atoms with van der Waals surface area (Å²) in [6, 6.07) is 0. The van der Waals surface area contributed by atoms with E-state index in [1.807, 2.05) is 5.73 Å². The number of nitrogens with zero attached hydrogens (tertiary/aromatic N) is 1. The second-order valence-corrected chi connectivity index (χ2v) is 5.96. The fourth-order valence-electron chi connectivity index (χ4n) is 2.88. The molecule has 7 heteroatoms. The monoisotopic (exact) mass is 357 g/mol. The van der Waals surface area contributed by atoms with E-state index in [1.165, 1.54) is 0 Å². The van der Waals surface area contributed by atoms with Crippen molar-refractivity contribution in [3.8, 4) is 11.8 Å². The first-order chi connectivity index (χ1) is 11.7. The lowest BCUT2D eigenvalue weighted by Gasteiger charge is -2.36. The van der Waals surface area contributed by atoms with Gasteiger partial charge >= 0.3 is 12.1 Å². The van der Waals surface area contributed by atoms with Crippen LogP contribution in [0, 0.1) is 17.8 Å². The number of carbonyl (C=O) groups is 2. The largest absolute Gasteiger partial charge is 0.467 e. The van der Waals surface area contributed by atoms with Crippen molar-refractivity contribution in [2.45, 2.75) is 43.8 Å². The summed E-state index contributed by atoms with van der Waals surface area (Å²) in [7, 11) is 1.95. The predicted octanol–water partition coefficient (Wildman–Crippen LogP) is 2.89. The molecule has 0 bridgehead atoms. The van der Waals surface area contributed by atoms with Crippen molar-refractivity contribution in [3.05, 3.63) is 18.4 Å². The number of methoxy groups -OCH3 is 1. The smallest absolute Gasteiger partial charge is 0.421 e. The zero-order chi connectivity index (χ0) is 19.1. The summed E-state index contributed by atoms with van der Waals surface area (Å²) in [6.07, 6.45) is 0.0663. The maximum absolute atomic E-state index is 13.6. The van der Waals surface area contributed by atoms with E-state index in [2.05, 4.69) is 23.2 Å². The van der Waals surface area contributed by atoms with Crippen molar-refractivity contribution in [2.24, 2.45) is 5.92 Å². The molecule has 0 aromatic carbocycles. The van der Waals surface area contributed by atoms with Crippen LogP contribution in [0.4, 0.5) is 13.2 Å². The third-order valence-corrected chi connectivity index (χ3v) is 4.35. The fourth-order valence-corrected chi connectivity index (χ4v) is 2.88. The summed E-state index contributed by atoms with van der Waals surface area (Å²) in [4.78, 5) is 24.5. The lowest BCUT2D eigenvalue weighted by molar-refractivity contribution is -0.221. The number of hydrogen-bond donors (Lipinski definition) is 0. The Morgan fingerprint density at radius 2 is 1.88 bits per heavy atom. The molecule has 0 spiro atoms. The van der Waals surface area contributed by atoms with Gasteiger partial charge in [0.05, 0.1) is 13.7 Å². The first-order valence-electron chi connectivity index (χ1n) is 7.96. The van der Waals surface area contributed by atoms with E-state index >= 15 is 0 Å². The van der Waals surface area contributed by atoms with Crippen molar-refractivity contribution < 1.29 is 27.5 Å². The minimum Gasteiger partial charge on any atom is -0.467 e. The molecule has 1 aliphatic rings. The van der Waals surface area contributed by atoms with Gasteiger partial charge in [0.2, 0.25) is 11.3 Å². The number of alkyl halides is 3. The molecule has 0 heterocycles. The van der Waals surface area contributed by atoms with Gasteiger partial charge in [0.25, 0.3) is 0 Å². The van der Waals surface area contributed by atoms with E-state index in [4.69, 9.17) is 0 Å². The zero-order valence-electron chi connectivity index (χ0n) is 14.4. The van der Waals surface area contributed by atoms with Crippen molar-refractivity contribution in [2.75, 3.05) is 20.7 Å². The number of esters is 1. The van der Waals surface area contributed by atoms with Crippen molar-refractivity contribution in [1.82, 2.24) is 4.90 Å². The summed E-state index contributed by atoms with van der Waals surface area (Å²) >= 11 is 0.